The van der Waals surface area contributed by atoms with Crippen LogP contribution in [-0.4, -0.2) is 98.3 Å². The first-order valence-corrected chi connectivity index (χ1v) is 24.2. The Labute approximate surface area is 365 Å². The summed E-state index contributed by atoms with van der Waals surface area (Å²) in [4.78, 5) is 35.6. The number of phosphoric ester groups is 1. The van der Waals surface area contributed by atoms with Gasteiger partial charge in [0.1, 0.15) is 43.2 Å². The van der Waals surface area contributed by atoms with Crippen LogP contribution in [0.4, 0.5) is 0 Å². The van der Waals surface area contributed by atoms with Gasteiger partial charge in [-0.3, -0.25) is 18.6 Å². The molecule has 14 heteroatoms. The molecule has 350 valence electrons. The minimum absolute atomic E-state index is 0.0107. The number of aliphatic hydroxyl groups excluding tert-OH is 5. The van der Waals surface area contributed by atoms with E-state index in [1.807, 2.05) is 12.2 Å². The number of esters is 2. The number of allylic oxidation sites excluding steroid dienone is 12. The van der Waals surface area contributed by atoms with Gasteiger partial charge in [0.2, 0.25) is 0 Å². The molecule has 0 radical (unpaired) electrons. The molecule has 0 bridgehead atoms. The number of carbonyl (C=O) groups excluding carboxylic acids is 2. The van der Waals surface area contributed by atoms with Gasteiger partial charge in [-0.05, 0) is 83.5 Å². The molecule has 13 nitrogen and oxygen atoms in total. The summed E-state index contributed by atoms with van der Waals surface area (Å²) in [5.74, 6) is -1.21. The Hall–Kier alpha value is -2.71. The summed E-state index contributed by atoms with van der Waals surface area (Å²) in [6.07, 6.45) is 32.5. The van der Waals surface area contributed by atoms with Crippen LogP contribution in [0.25, 0.3) is 0 Å². The molecule has 6 unspecified atom stereocenters. The highest BCUT2D eigenvalue weighted by Crippen LogP contribution is 2.47. The van der Waals surface area contributed by atoms with E-state index in [0.717, 1.165) is 51.4 Å². The highest BCUT2D eigenvalue weighted by atomic mass is 31.2. The summed E-state index contributed by atoms with van der Waals surface area (Å²) >= 11 is 0. The Balaban J connectivity index is 2.55. The smallest absolute Gasteiger partial charge is 0.462 e. The Morgan fingerprint density at radius 2 is 0.902 bits per heavy atom. The van der Waals surface area contributed by atoms with Crippen LogP contribution in [0.3, 0.4) is 0 Å². The monoisotopic (exact) mass is 883 g/mol. The van der Waals surface area contributed by atoms with Crippen molar-refractivity contribution in [3.05, 3.63) is 72.9 Å². The topological polar surface area (TPSA) is 210 Å². The third-order valence-corrected chi connectivity index (χ3v) is 11.0. The van der Waals surface area contributed by atoms with Crippen LogP contribution in [0.5, 0.6) is 0 Å². The zero-order valence-electron chi connectivity index (χ0n) is 36.9. The molecule has 6 N–H and O–H groups in total. The van der Waals surface area contributed by atoms with Crippen LogP contribution in [0, 0.1) is 0 Å². The van der Waals surface area contributed by atoms with Crippen molar-refractivity contribution in [2.45, 2.75) is 198 Å². The Morgan fingerprint density at radius 1 is 0.508 bits per heavy atom. The highest BCUT2D eigenvalue weighted by Gasteiger charge is 2.51. The van der Waals surface area contributed by atoms with E-state index < -0.39 is 75.7 Å². The lowest BCUT2D eigenvalue weighted by molar-refractivity contribution is -0.220. The van der Waals surface area contributed by atoms with Crippen LogP contribution in [0.2, 0.25) is 0 Å². The summed E-state index contributed by atoms with van der Waals surface area (Å²) in [5, 5.41) is 50.1. The maximum atomic E-state index is 12.8. The maximum absolute atomic E-state index is 12.8. The van der Waals surface area contributed by atoms with Crippen molar-refractivity contribution < 1.29 is 63.1 Å². The molecular weight excluding hydrogens is 803 g/mol. The van der Waals surface area contributed by atoms with E-state index >= 15 is 0 Å². The molecule has 0 aromatic rings. The standard InChI is InChI=1S/C47H79O13P/c1-3-5-7-9-11-13-15-17-19-20-22-24-26-28-30-32-34-36-41(49)59-39(38-58-61(55,56)60-47-45(53)43(51)42(50)44(52)46(47)54)37-57-40(48)35-33-31-29-27-25-23-21-18-16-14-12-10-8-6-4-2/h11,13,17-19,21-22,24-25,27-28,30,39,42-47,50-54H,3-10,12,14-16,20,23,26,29,31-38H2,1-2H3,(H,55,56)/b13-11+,19-17+,21-18+,24-22+,27-25+,30-28+/t39-,42?,43+,44?,45?,46?,47?/m1/s1. The molecule has 8 atom stereocenters. The minimum Gasteiger partial charge on any atom is -0.462 e. The third kappa shape index (κ3) is 29.3. The van der Waals surface area contributed by atoms with Gasteiger partial charge in [-0.2, -0.15) is 0 Å². The summed E-state index contributed by atoms with van der Waals surface area (Å²) < 4.78 is 33.4. The van der Waals surface area contributed by atoms with Gasteiger partial charge < -0.3 is 39.9 Å². The zero-order valence-corrected chi connectivity index (χ0v) is 37.8. The second-order valence-corrected chi connectivity index (χ2v) is 16.9. The molecule has 0 amide bonds. The molecule has 1 fully saturated rings. The number of hydrogen-bond donors (Lipinski definition) is 6. The van der Waals surface area contributed by atoms with Crippen molar-refractivity contribution in [1.29, 1.82) is 0 Å². The number of hydrogen-bond acceptors (Lipinski definition) is 12. The number of ether oxygens (including phenoxy) is 2. The third-order valence-electron chi connectivity index (χ3n) is 10.0. The number of unbranched alkanes of at least 4 members (excludes halogenated alkanes) is 12. The molecule has 0 spiro atoms. The molecule has 1 saturated carbocycles. The first kappa shape index (κ1) is 56.3. The molecule has 1 aliphatic rings. The van der Waals surface area contributed by atoms with Crippen molar-refractivity contribution in [1.82, 2.24) is 0 Å². The number of phosphoric acid groups is 1. The molecule has 0 saturated heterocycles. The van der Waals surface area contributed by atoms with Gasteiger partial charge in [-0.1, -0.05) is 132 Å². The molecule has 0 heterocycles. The fourth-order valence-corrected chi connectivity index (χ4v) is 7.28. The summed E-state index contributed by atoms with van der Waals surface area (Å²) in [7, 11) is -5.14. The second kappa shape index (κ2) is 36.7. The van der Waals surface area contributed by atoms with E-state index in [1.54, 1.807) is 0 Å². The van der Waals surface area contributed by atoms with Gasteiger partial charge in [0.05, 0.1) is 6.61 Å². The molecule has 61 heavy (non-hydrogen) atoms. The van der Waals surface area contributed by atoms with Crippen LogP contribution in [0.15, 0.2) is 72.9 Å². The van der Waals surface area contributed by atoms with E-state index in [-0.39, 0.29) is 12.8 Å². The van der Waals surface area contributed by atoms with E-state index in [1.165, 1.54) is 57.8 Å². The Kier molecular flexibility index (Phi) is 33.9. The lowest BCUT2D eigenvalue weighted by atomic mass is 9.85. The minimum atomic E-state index is -5.14. The normalized spacial score (nSPS) is 22.7. The second-order valence-electron chi connectivity index (χ2n) is 15.5. The fraction of sp³-hybridized carbons (Fsp3) is 0.702. The van der Waals surface area contributed by atoms with E-state index in [0.29, 0.717) is 19.3 Å². The summed E-state index contributed by atoms with van der Waals surface area (Å²) in [6, 6.07) is 0. The zero-order chi connectivity index (χ0) is 45.0. The molecule has 0 aliphatic heterocycles. The molecule has 0 aromatic heterocycles. The molecule has 1 aliphatic carbocycles. The predicted octanol–water partition coefficient (Wildman–Crippen LogP) is 8.72. The van der Waals surface area contributed by atoms with Crippen LogP contribution < -0.4 is 0 Å². The van der Waals surface area contributed by atoms with Gasteiger partial charge in [-0.15, -0.1) is 0 Å². The van der Waals surface area contributed by atoms with Crippen molar-refractivity contribution in [2.24, 2.45) is 0 Å². The average Bonchev–Trinajstić information content (AvgIpc) is 3.24. The van der Waals surface area contributed by atoms with Gasteiger partial charge >= 0.3 is 19.8 Å². The van der Waals surface area contributed by atoms with Crippen LogP contribution >= 0.6 is 7.82 Å². The van der Waals surface area contributed by atoms with Crippen molar-refractivity contribution in [3.63, 3.8) is 0 Å². The van der Waals surface area contributed by atoms with Crippen molar-refractivity contribution in [3.8, 4) is 0 Å². The summed E-state index contributed by atoms with van der Waals surface area (Å²) in [6.45, 7) is 3.17. The van der Waals surface area contributed by atoms with Gasteiger partial charge in [-0.25, -0.2) is 4.57 Å². The van der Waals surface area contributed by atoms with Crippen molar-refractivity contribution >= 4 is 19.8 Å². The fourth-order valence-electron chi connectivity index (χ4n) is 6.31. The van der Waals surface area contributed by atoms with E-state index in [9.17, 15) is 44.6 Å². The average molecular weight is 883 g/mol. The molecule has 1 rings (SSSR count). The van der Waals surface area contributed by atoms with E-state index in [4.69, 9.17) is 18.5 Å². The maximum Gasteiger partial charge on any atom is 0.472 e. The largest absolute Gasteiger partial charge is 0.472 e. The van der Waals surface area contributed by atoms with Gasteiger partial charge in [0.25, 0.3) is 0 Å². The Morgan fingerprint density at radius 3 is 1.43 bits per heavy atom. The Bertz CT molecular complexity index is 1340. The quantitative estimate of drug-likeness (QED) is 0.0151. The lowest BCUT2D eigenvalue weighted by Gasteiger charge is -2.41. The van der Waals surface area contributed by atoms with Gasteiger partial charge in [0, 0.05) is 12.8 Å². The van der Waals surface area contributed by atoms with Crippen LogP contribution in [0.1, 0.15) is 155 Å². The first-order valence-electron chi connectivity index (χ1n) is 22.7. The highest BCUT2D eigenvalue weighted by molar-refractivity contribution is 7.47. The summed E-state index contributed by atoms with van der Waals surface area (Å²) in [5.41, 5.74) is 0. The predicted molar refractivity (Wildman–Crippen MR) is 239 cm³/mol. The van der Waals surface area contributed by atoms with Crippen LogP contribution in [-0.2, 0) is 32.7 Å². The van der Waals surface area contributed by atoms with E-state index in [2.05, 4.69) is 74.6 Å². The number of aliphatic hydroxyl groups is 5. The number of rotatable bonds is 36. The molecule has 0 aromatic carbocycles. The van der Waals surface area contributed by atoms with Crippen molar-refractivity contribution in [2.75, 3.05) is 13.2 Å². The number of carbonyl (C=O) groups is 2. The first-order chi connectivity index (χ1) is 29.4. The molecular formula is C47H79O13P. The van der Waals surface area contributed by atoms with Gasteiger partial charge in [0.15, 0.2) is 6.10 Å². The SMILES string of the molecule is CCCCC/C=C/C/C=C/C/C=C/C/C=C/CCCC(=O)O[C@H](COC(=O)CCCC/C=C/C/C=C/CCCCCCCC)COP(=O)(O)OC1C(O)C(O)C(O)[C@H](O)C1O. The lowest BCUT2D eigenvalue weighted by Crippen LogP contribution is -2.64.